The first-order valence-corrected chi connectivity index (χ1v) is 9.82. The Hall–Kier alpha value is -3.99. The molecule has 0 bridgehead atoms. The number of halogens is 1. The quantitative estimate of drug-likeness (QED) is 0.576. The number of benzene rings is 3. The molecular weight excluding hydrogens is 393 g/mol. The molecule has 0 spiro atoms. The molecule has 5 heteroatoms. The van der Waals surface area contributed by atoms with Gasteiger partial charge in [-0.3, -0.25) is 14.5 Å². The summed E-state index contributed by atoms with van der Waals surface area (Å²) < 4.78 is 14.8. The van der Waals surface area contributed by atoms with Crippen molar-refractivity contribution in [2.75, 3.05) is 4.90 Å². The number of nitrogens with zero attached hydrogens (tertiary/aromatic N) is 1. The highest BCUT2D eigenvalue weighted by Gasteiger charge is 2.44. The van der Waals surface area contributed by atoms with Crippen LogP contribution in [-0.2, 0) is 9.59 Å². The number of aliphatic hydroxyl groups excluding tert-OH is 1. The Bertz CT molecular complexity index is 1210. The van der Waals surface area contributed by atoms with E-state index >= 15 is 0 Å². The lowest BCUT2D eigenvalue weighted by molar-refractivity contribution is -0.117. The van der Waals surface area contributed by atoms with E-state index in [-0.39, 0.29) is 11.1 Å². The van der Waals surface area contributed by atoms with Crippen LogP contribution in [0, 0.1) is 12.7 Å². The lowest BCUT2D eigenvalue weighted by Crippen LogP contribution is -2.31. The summed E-state index contributed by atoms with van der Waals surface area (Å²) in [6.07, 6.45) is 2.89. The standard InChI is InChI=1S/C26H20FNO3/c1-17-8-7-11-19(16-17)28-24(20-12-5-6-13-21(20)27)23(25(30)26(28)31)22(29)15-14-18-9-3-2-4-10-18/h2-16,24,30H,1H3/b15-14-. The van der Waals surface area contributed by atoms with Crippen LogP contribution in [0.3, 0.4) is 0 Å². The van der Waals surface area contributed by atoms with Gasteiger partial charge in [0.05, 0.1) is 11.6 Å². The zero-order valence-electron chi connectivity index (χ0n) is 16.8. The van der Waals surface area contributed by atoms with Crippen LogP contribution in [0.1, 0.15) is 22.7 Å². The summed E-state index contributed by atoms with van der Waals surface area (Å²) in [6.45, 7) is 1.87. The summed E-state index contributed by atoms with van der Waals surface area (Å²) in [4.78, 5) is 27.4. The van der Waals surface area contributed by atoms with Gasteiger partial charge in [0, 0.05) is 11.3 Å². The van der Waals surface area contributed by atoms with Gasteiger partial charge >= 0.3 is 0 Å². The highest BCUT2D eigenvalue weighted by Crippen LogP contribution is 2.42. The van der Waals surface area contributed by atoms with Crippen molar-refractivity contribution in [3.63, 3.8) is 0 Å². The number of hydrogen-bond donors (Lipinski definition) is 1. The van der Waals surface area contributed by atoms with Crippen LogP contribution in [0.4, 0.5) is 10.1 Å². The number of rotatable bonds is 5. The van der Waals surface area contributed by atoms with Gasteiger partial charge in [0.2, 0.25) is 0 Å². The molecule has 1 heterocycles. The minimum atomic E-state index is -1.08. The number of allylic oxidation sites excluding steroid dienone is 1. The molecule has 4 nitrogen and oxygen atoms in total. The molecule has 0 saturated heterocycles. The zero-order valence-corrected chi connectivity index (χ0v) is 16.8. The summed E-state index contributed by atoms with van der Waals surface area (Å²) in [7, 11) is 0. The molecule has 0 aliphatic carbocycles. The van der Waals surface area contributed by atoms with E-state index in [9.17, 15) is 19.1 Å². The van der Waals surface area contributed by atoms with E-state index in [1.807, 2.05) is 43.3 Å². The normalized spacial score (nSPS) is 16.4. The predicted octanol–water partition coefficient (Wildman–Crippen LogP) is 5.32. The number of aliphatic hydroxyl groups is 1. The minimum Gasteiger partial charge on any atom is -0.503 e. The molecule has 3 aromatic carbocycles. The first-order valence-electron chi connectivity index (χ1n) is 9.82. The Balaban J connectivity index is 1.82. The fourth-order valence-corrected chi connectivity index (χ4v) is 3.72. The molecule has 1 atom stereocenters. The molecule has 1 amide bonds. The van der Waals surface area contributed by atoms with Crippen molar-refractivity contribution < 1.29 is 19.1 Å². The van der Waals surface area contributed by atoms with Crippen molar-refractivity contribution in [2.24, 2.45) is 0 Å². The third kappa shape index (κ3) is 3.90. The second-order valence-electron chi connectivity index (χ2n) is 7.31. The third-order valence-corrected chi connectivity index (χ3v) is 5.18. The monoisotopic (exact) mass is 413 g/mol. The molecule has 0 radical (unpaired) electrons. The molecule has 0 aromatic heterocycles. The van der Waals surface area contributed by atoms with Gasteiger partial charge in [-0.1, -0.05) is 66.7 Å². The molecule has 3 aromatic rings. The Morgan fingerprint density at radius 2 is 1.71 bits per heavy atom. The number of anilines is 1. The van der Waals surface area contributed by atoms with Crippen molar-refractivity contribution in [3.8, 4) is 0 Å². The van der Waals surface area contributed by atoms with Crippen molar-refractivity contribution in [1.29, 1.82) is 0 Å². The van der Waals surface area contributed by atoms with Gasteiger partial charge in [0.15, 0.2) is 11.5 Å². The summed E-state index contributed by atoms with van der Waals surface area (Å²) in [5, 5.41) is 10.7. The molecule has 0 fully saturated rings. The molecule has 1 unspecified atom stereocenters. The molecular formula is C26H20FNO3. The van der Waals surface area contributed by atoms with Crippen LogP contribution in [0.5, 0.6) is 0 Å². The Morgan fingerprint density at radius 3 is 2.42 bits per heavy atom. The second kappa shape index (κ2) is 8.40. The first kappa shape index (κ1) is 20.3. The molecule has 0 saturated carbocycles. The van der Waals surface area contributed by atoms with Crippen LogP contribution in [0.15, 0.2) is 96.3 Å². The van der Waals surface area contributed by atoms with Crippen LogP contribution in [0.2, 0.25) is 0 Å². The smallest absolute Gasteiger partial charge is 0.294 e. The van der Waals surface area contributed by atoms with E-state index in [1.165, 1.54) is 29.2 Å². The highest BCUT2D eigenvalue weighted by atomic mass is 19.1. The topological polar surface area (TPSA) is 57.6 Å². The minimum absolute atomic E-state index is 0.137. The van der Waals surface area contributed by atoms with E-state index < -0.39 is 29.3 Å². The number of ketones is 1. The van der Waals surface area contributed by atoms with Crippen LogP contribution in [0.25, 0.3) is 6.08 Å². The van der Waals surface area contributed by atoms with Gasteiger partial charge in [-0.15, -0.1) is 0 Å². The number of carbonyl (C=O) groups excluding carboxylic acids is 2. The van der Waals surface area contributed by atoms with Gasteiger partial charge in [-0.2, -0.15) is 0 Å². The van der Waals surface area contributed by atoms with E-state index in [0.717, 1.165) is 11.1 Å². The van der Waals surface area contributed by atoms with E-state index in [1.54, 1.807) is 30.3 Å². The molecule has 1 N–H and O–H groups in total. The van der Waals surface area contributed by atoms with E-state index in [0.29, 0.717) is 5.69 Å². The van der Waals surface area contributed by atoms with Crippen LogP contribution >= 0.6 is 0 Å². The summed E-state index contributed by atoms with van der Waals surface area (Å²) in [5.74, 6) is -2.53. The Labute approximate surface area is 179 Å². The lowest BCUT2D eigenvalue weighted by atomic mass is 9.94. The largest absolute Gasteiger partial charge is 0.503 e. The maximum atomic E-state index is 14.8. The molecule has 1 aliphatic rings. The molecule has 1 aliphatic heterocycles. The third-order valence-electron chi connectivity index (χ3n) is 5.18. The average Bonchev–Trinajstić information content (AvgIpc) is 3.04. The van der Waals surface area contributed by atoms with E-state index in [2.05, 4.69) is 0 Å². The number of aryl methyl sites for hydroxylation is 1. The zero-order chi connectivity index (χ0) is 22.0. The maximum Gasteiger partial charge on any atom is 0.294 e. The Morgan fingerprint density at radius 1 is 1.00 bits per heavy atom. The van der Waals surface area contributed by atoms with Gasteiger partial charge < -0.3 is 5.11 Å². The first-order chi connectivity index (χ1) is 15.0. The summed E-state index contributed by atoms with van der Waals surface area (Å²) in [5.41, 5.74) is 2.14. The Kier molecular flexibility index (Phi) is 5.50. The van der Waals surface area contributed by atoms with Crippen molar-refractivity contribution in [3.05, 3.63) is 119 Å². The van der Waals surface area contributed by atoms with Gasteiger partial charge in [0.1, 0.15) is 5.82 Å². The summed E-state index contributed by atoms with van der Waals surface area (Å²) in [6, 6.07) is 21.1. The average molecular weight is 413 g/mol. The molecule has 4 rings (SSSR count). The van der Waals surface area contributed by atoms with Gasteiger partial charge in [0.25, 0.3) is 5.91 Å². The highest BCUT2D eigenvalue weighted by molar-refractivity contribution is 6.19. The van der Waals surface area contributed by atoms with Crippen molar-refractivity contribution in [1.82, 2.24) is 0 Å². The van der Waals surface area contributed by atoms with Crippen LogP contribution < -0.4 is 4.90 Å². The number of carbonyl (C=O) groups is 2. The van der Waals surface area contributed by atoms with Gasteiger partial charge in [-0.25, -0.2) is 4.39 Å². The van der Waals surface area contributed by atoms with Crippen molar-refractivity contribution >= 4 is 23.5 Å². The number of amides is 1. The fourth-order valence-electron chi connectivity index (χ4n) is 3.72. The van der Waals surface area contributed by atoms with Crippen LogP contribution in [-0.4, -0.2) is 16.8 Å². The summed E-state index contributed by atoms with van der Waals surface area (Å²) >= 11 is 0. The molecule has 154 valence electrons. The van der Waals surface area contributed by atoms with Gasteiger partial charge in [-0.05, 0) is 42.3 Å². The maximum absolute atomic E-state index is 14.8. The molecule has 31 heavy (non-hydrogen) atoms. The fraction of sp³-hybridized carbons (Fsp3) is 0.0769. The predicted molar refractivity (Wildman–Crippen MR) is 118 cm³/mol. The lowest BCUT2D eigenvalue weighted by Gasteiger charge is -2.27. The van der Waals surface area contributed by atoms with E-state index in [4.69, 9.17) is 0 Å². The van der Waals surface area contributed by atoms with Crippen molar-refractivity contribution in [2.45, 2.75) is 13.0 Å². The second-order valence-corrected chi connectivity index (χ2v) is 7.31. The number of hydrogen-bond acceptors (Lipinski definition) is 3. The SMILES string of the molecule is Cc1cccc(N2C(=O)C(O)=C(C(=O)/C=C\c3ccccc3)C2c2ccccc2F)c1.